The Kier molecular flexibility index (Phi) is 11.1. The summed E-state index contributed by atoms with van der Waals surface area (Å²) in [6.07, 6.45) is 1.01. The molecule has 0 bridgehead atoms. The van der Waals surface area contributed by atoms with E-state index in [1.54, 1.807) is 13.8 Å². The minimum atomic E-state index is -0.809. The van der Waals surface area contributed by atoms with Gasteiger partial charge in [0.2, 0.25) is 11.8 Å². The van der Waals surface area contributed by atoms with Gasteiger partial charge in [0.25, 0.3) is 0 Å². The van der Waals surface area contributed by atoms with E-state index in [9.17, 15) is 14.7 Å². The smallest absolute Gasteiger partial charge is 0.243 e. The third kappa shape index (κ3) is 9.42. The van der Waals surface area contributed by atoms with Gasteiger partial charge in [0.1, 0.15) is 18.4 Å². The highest BCUT2D eigenvalue weighted by molar-refractivity contribution is 5.90. The van der Waals surface area contributed by atoms with E-state index in [0.717, 1.165) is 16.9 Å². The minimum absolute atomic E-state index is 0.162. The maximum absolute atomic E-state index is 13.5. The Balaban J connectivity index is 1.72. The summed E-state index contributed by atoms with van der Waals surface area (Å²) in [5.74, 6) is 0.559. The molecule has 1 aliphatic rings. The summed E-state index contributed by atoms with van der Waals surface area (Å²) in [4.78, 5) is 29.0. The number of aliphatic hydroxyl groups excluding tert-OH is 1. The molecule has 3 rings (SSSR count). The lowest BCUT2D eigenvalue weighted by Crippen LogP contribution is -2.59. The SMILES string of the molecule is CC(C)C[C@H](C(=O)N[C@@H](Cc1ccc(OCc2ccccc2)cc1)C(=O)NC(C)(C)CO)N1CCOCC1. The molecule has 2 aromatic rings. The second-order valence-corrected chi connectivity index (χ2v) is 11.0. The molecule has 2 amide bonds. The van der Waals surface area contributed by atoms with Crippen LogP contribution in [0.2, 0.25) is 0 Å². The van der Waals surface area contributed by atoms with Gasteiger partial charge in [-0.05, 0) is 49.4 Å². The Morgan fingerprint density at radius 2 is 1.66 bits per heavy atom. The van der Waals surface area contributed by atoms with Crippen molar-refractivity contribution in [2.24, 2.45) is 5.92 Å². The molecule has 0 aromatic heterocycles. The first kappa shape index (κ1) is 29.6. The Hall–Kier alpha value is -2.94. The van der Waals surface area contributed by atoms with Gasteiger partial charge in [-0.2, -0.15) is 0 Å². The molecule has 0 unspecified atom stereocenters. The molecular formula is C30H43N3O5. The molecule has 8 nitrogen and oxygen atoms in total. The lowest BCUT2D eigenvalue weighted by molar-refractivity contribution is -0.134. The van der Waals surface area contributed by atoms with Crippen molar-refractivity contribution in [2.45, 2.75) is 64.8 Å². The maximum Gasteiger partial charge on any atom is 0.243 e. The summed E-state index contributed by atoms with van der Waals surface area (Å²) in [5, 5.41) is 15.6. The Labute approximate surface area is 226 Å². The van der Waals surface area contributed by atoms with Crippen molar-refractivity contribution < 1.29 is 24.2 Å². The van der Waals surface area contributed by atoms with Gasteiger partial charge < -0.3 is 25.2 Å². The van der Waals surface area contributed by atoms with Crippen LogP contribution in [0.5, 0.6) is 5.75 Å². The number of nitrogens with zero attached hydrogens (tertiary/aromatic N) is 1. The monoisotopic (exact) mass is 525 g/mol. The molecule has 208 valence electrons. The first-order valence-electron chi connectivity index (χ1n) is 13.5. The predicted octanol–water partition coefficient (Wildman–Crippen LogP) is 2.93. The highest BCUT2D eigenvalue weighted by atomic mass is 16.5. The van der Waals surface area contributed by atoms with Crippen molar-refractivity contribution >= 4 is 11.8 Å². The van der Waals surface area contributed by atoms with Gasteiger partial charge in [0.15, 0.2) is 0 Å². The molecule has 0 saturated carbocycles. The van der Waals surface area contributed by atoms with Crippen LogP contribution in [0.4, 0.5) is 0 Å². The Morgan fingerprint density at radius 3 is 2.26 bits per heavy atom. The van der Waals surface area contributed by atoms with Gasteiger partial charge in [-0.1, -0.05) is 56.3 Å². The Morgan fingerprint density at radius 1 is 1.00 bits per heavy atom. The van der Waals surface area contributed by atoms with Crippen LogP contribution in [-0.4, -0.2) is 72.4 Å². The number of carbonyl (C=O) groups excluding carboxylic acids is 2. The summed E-state index contributed by atoms with van der Waals surface area (Å²) in [7, 11) is 0. The molecule has 2 atom stereocenters. The zero-order valence-corrected chi connectivity index (χ0v) is 23.1. The van der Waals surface area contributed by atoms with Gasteiger partial charge >= 0.3 is 0 Å². The van der Waals surface area contributed by atoms with Crippen LogP contribution in [-0.2, 0) is 27.4 Å². The first-order chi connectivity index (χ1) is 18.2. The number of benzene rings is 2. The van der Waals surface area contributed by atoms with Gasteiger partial charge in [-0.15, -0.1) is 0 Å². The molecule has 38 heavy (non-hydrogen) atoms. The fourth-order valence-electron chi connectivity index (χ4n) is 4.39. The van der Waals surface area contributed by atoms with Crippen molar-refractivity contribution in [3.63, 3.8) is 0 Å². The predicted molar refractivity (Wildman–Crippen MR) is 148 cm³/mol. The van der Waals surface area contributed by atoms with E-state index in [2.05, 4.69) is 29.4 Å². The van der Waals surface area contributed by atoms with Crippen molar-refractivity contribution in [3.05, 3.63) is 65.7 Å². The topological polar surface area (TPSA) is 100 Å². The number of rotatable bonds is 13. The van der Waals surface area contributed by atoms with Crippen molar-refractivity contribution in [1.82, 2.24) is 15.5 Å². The lowest BCUT2D eigenvalue weighted by atomic mass is 9.99. The van der Waals surface area contributed by atoms with Crippen LogP contribution in [0.15, 0.2) is 54.6 Å². The van der Waals surface area contributed by atoms with Crippen molar-refractivity contribution in [3.8, 4) is 5.75 Å². The molecule has 1 aliphatic heterocycles. The van der Waals surface area contributed by atoms with E-state index in [-0.39, 0.29) is 24.5 Å². The van der Waals surface area contributed by atoms with Crippen LogP contribution in [0.3, 0.4) is 0 Å². The second-order valence-electron chi connectivity index (χ2n) is 11.0. The normalized spacial score (nSPS) is 16.1. The quantitative estimate of drug-likeness (QED) is 0.372. The number of nitrogens with one attached hydrogen (secondary N) is 2. The highest BCUT2D eigenvalue weighted by Crippen LogP contribution is 2.18. The van der Waals surface area contributed by atoms with E-state index >= 15 is 0 Å². The molecule has 0 spiro atoms. The lowest BCUT2D eigenvalue weighted by Gasteiger charge is -2.35. The zero-order chi connectivity index (χ0) is 27.5. The third-order valence-corrected chi connectivity index (χ3v) is 6.59. The molecule has 3 N–H and O–H groups in total. The zero-order valence-electron chi connectivity index (χ0n) is 23.1. The number of hydrogen-bond donors (Lipinski definition) is 3. The van der Waals surface area contributed by atoms with Gasteiger partial charge in [-0.3, -0.25) is 14.5 Å². The van der Waals surface area contributed by atoms with Crippen LogP contribution < -0.4 is 15.4 Å². The molecule has 8 heteroatoms. The highest BCUT2D eigenvalue weighted by Gasteiger charge is 2.32. The molecule has 0 radical (unpaired) electrons. The summed E-state index contributed by atoms with van der Waals surface area (Å²) in [5.41, 5.74) is 1.17. The maximum atomic E-state index is 13.5. The van der Waals surface area contributed by atoms with E-state index in [4.69, 9.17) is 9.47 Å². The number of carbonyl (C=O) groups is 2. The fourth-order valence-corrected chi connectivity index (χ4v) is 4.39. The molecule has 0 aliphatic carbocycles. The summed E-state index contributed by atoms with van der Waals surface area (Å²) in [6, 6.07) is 16.4. The third-order valence-electron chi connectivity index (χ3n) is 6.59. The minimum Gasteiger partial charge on any atom is -0.489 e. The fraction of sp³-hybridized carbons (Fsp3) is 0.533. The van der Waals surface area contributed by atoms with E-state index < -0.39 is 11.6 Å². The number of ether oxygens (including phenoxy) is 2. The second kappa shape index (κ2) is 14.3. The number of morpholine rings is 1. The van der Waals surface area contributed by atoms with Crippen molar-refractivity contribution in [2.75, 3.05) is 32.9 Å². The van der Waals surface area contributed by atoms with E-state index in [1.807, 2.05) is 54.6 Å². The van der Waals surface area contributed by atoms with E-state index in [1.165, 1.54) is 0 Å². The number of aliphatic hydroxyl groups is 1. The number of hydrogen-bond acceptors (Lipinski definition) is 6. The first-order valence-corrected chi connectivity index (χ1v) is 13.5. The Bertz CT molecular complexity index is 1000. The molecular weight excluding hydrogens is 482 g/mol. The van der Waals surface area contributed by atoms with Crippen LogP contribution >= 0.6 is 0 Å². The average molecular weight is 526 g/mol. The van der Waals surface area contributed by atoms with Crippen LogP contribution in [0.1, 0.15) is 45.2 Å². The van der Waals surface area contributed by atoms with E-state index in [0.29, 0.717) is 51.7 Å². The van der Waals surface area contributed by atoms with Crippen LogP contribution in [0, 0.1) is 5.92 Å². The molecule has 2 aromatic carbocycles. The van der Waals surface area contributed by atoms with Gasteiger partial charge in [0, 0.05) is 19.5 Å². The van der Waals surface area contributed by atoms with Gasteiger partial charge in [0.05, 0.1) is 31.4 Å². The molecule has 1 heterocycles. The summed E-state index contributed by atoms with van der Waals surface area (Å²) in [6.45, 7) is 10.5. The van der Waals surface area contributed by atoms with Crippen molar-refractivity contribution in [1.29, 1.82) is 0 Å². The molecule has 1 saturated heterocycles. The average Bonchev–Trinajstić information content (AvgIpc) is 2.91. The number of amides is 2. The summed E-state index contributed by atoms with van der Waals surface area (Å²) >= 11 is 0. The standard InChI is InChI=1S/C30H43N3O5/c1-22(2)18-27(33-14-16-37-17-15-33)29(36)31-26(28(35)32-30(3,4)21-34)19-23-10-12-25(13-11-23)38-20-24-8-6-5-7-9-24/h5-13,22,26-27,34H,14-21H2,1-4H3,(H,31,36)(H,32,35)/t26-,27+/m0/s1. The summed E-state index contributed by atoms with van der Waals surface area (Å²) < 4.78 is 11.4. The van der Waals surface area contributed by atoms with Gasteiger partial charge in [-0.25, -0.2) is 0 Å². The molecule has 1 fully saturated rings. The van der Waals surface area contributed by atoms with Crippen LogP contribution in [0.25, 0.3) is 0 Å². The largest absolute Gasteiger partial charge is 0.489 e.